The van der Waals surface area contributed by atoms with Crippen molar-refractivity contribution in [2.24, 2.45) is 0 Å². The third-order valence-electron chi connectivity index (χ3n) is 4.11. The lowest BCUT2D eigenvalue weighted by Gasteiger charge is -2.10. The van der Waals surface area contributed by atoms with Crippen LogP contribution >= 0.6 is 12.2 Å². The van der Waals surface area contributed by atoms with Crippen LogP contribution in [0.5, 0.6) is 5.75 Å². The number of phenols is 1. The minimum Gasteiger partial charge on any atom is -0.508 e. The number of nitrogens with one attached hydrogen (secondary N) is 1. The second-order valence-corrected chi connectivity index (χ2v) is 6.11. The molecule has 0 fully saturated rings. The van der Waals surface area contributed by atoms with Crippen LogP contribution in [0.15, 0.2) is 60.7 Å². The number of rotatable bonds is 2. The van der Waals surface area contributed by atoms with E-state index < -0.39 is 0 Å². The zero-order valence-corrected chi connectivity index (χ0v) is 13.8. The molecule has 0 amide bonds. The van der Waals surface area contributed by atoms with Crippen molar-refractivity contribution in [3.63, 3.8) is 0 Å². The minimum atomic E-state index is 0.239. The SMILES string of the molecule is Cc1cc(O)ccc1-c1n[nH]c(=S)n1-c1ccc2ccccc2c1. The van der Waals surface area contributed by atoms with Crippen molar-refractivity contribution < 1.29 is 5.11 Å². The Balaban J connectivity index is 1.95. The summed E-state index contributed by atoms with van der Waals surface area (Å²) in [5.41, 5.74) is 2.81. The summed E-state index contributed by atoms with van der Waals surface area (Å²) in [6.07, 6.45) is 0. The van der Waals surface area contributed by atoms with Crippen molar-refractivity contribution in [1.29, 1.82) is 0 Å². The van der Waals surface area contributed by atoms with Gasteiger partial charge in [-0.3, -0.25) is 9.67 Å². The zero-order valence-electron chi connectivity index (χ0n) is 13.0. The van der Waals surface area contributed by atoms with Gasteiger partial charge in [0.1, 0.15) is 5.75 Å². The summed E-state index contributed by atoms with van der Waals surface area (Å²) in [6, 6.07) is 19.6. The van der Waals surface area contributed by atoms with Crippen LogP contribution in [0, 0.1) is 11.7 Å². The molecule has 0 aliphatic heterocycles. The van der Waals surface area contributed by atoms with Gasteiger partial charge in [0, 0.05) is 5.56 Å². The van der Waals surface area contributed by atoms with Gasteiger partial charge in [0.05, 0.1) is 5.69 Å². The lowest BCUT2D eigenvalue weighted by atomic mass is 10.1. The standard InChI is InChI=1S/C19H15N3OS/c1-12-10-16(23)8-9-17(12)18-20-21-19(24)22(18)15-7-6-13-4-2-3-5-14(13)11-15/h2-11,23H,1H3,(H,21,24). The Hall–Kier alpha value is -2.92. The molecule has 0 aliphatic rings. The van der Waals surface area contributed by atoms with Gasteiger partial charge < -0.3 is 5.11 Å². The minimum absolute atomic E-state index is 0.239. The van der Waals surface area contributed by atoms with E-state index in [2.05, 4.69) is 34.5 Å². The van der Waals surface area contributed by atoms with Gasteiger partial charge >= 0.3 is 0 Å². The third kappa shape index (κ3) is 2.39. The maximum Gasteiger partial charge on any atom is 0.200 e. The van der Waals surface area contributed by atoms with E-state index in [0.717, 1.165) is 28.0 Å². The van der Waals surface area contributed by atoms with E-state index in [9.17, 15) is 5.11 Å². The highest BCUT2D eigenvalue weighted by Gasteiger charge is 2.13. The van der Waals surface area contributed by atoms with Crippen molar-refractivity contribution in [3.05, 3.63) is 71.0 Å². The summed E-state index contributed by atoms with van der Waals surface area (Å²) in [5.74, 6) is 0.968. The molecular weight excluding hydrogens is 318 g/mol. The lowest BCUT2D eigenvalue weighted by molar-refractivity contribution is 0.475. The Bertz CT molecular complexity index is 1110. The van der Waals surface area contributed by atoms with Crippen LogP contribution in [-0.2, 0) is 0 Å². The number of hydrogen-bond acceptors (Lipinski definition) is 3. The summed E-state index contributed by atoms with van der Waals surface area (Å²) < 4.78 is 2.45. The summed E-state index contributed by atoms with van der Waals surface area (Å²) in [4.78, 5) is 0. The van der Waals surface area contributed by atoms with Crippen LogP contribution in [0.3, 0.4) is 0 Å². The number of phenolic OH excluding ortho intramolecular Hbond substituents is 1. The lowest BCUT2D eigenvalue weighted by Crippen LogP contribution is -1.99. The van der Waals surface area contributed by atoms with Gasteiger partial charge in [0.15, 0.2) is 10.6 Å². The molecule has 4 aromatic rings. The Kier molecular flexibility index (Phi) is 3.43. The second-order valence-electron chi connectivity index (χ2n) is 5.72. The number of aromatic nitrogens is 3. The zero-order chi connectivity index (χ0) is 16.7. The summed E-state index contributed by atoms with van der Waals surface area (Å²) in [6.45, 7) is 1.94. The van der Waals surface area contributed by atoms with Crippen LogP contribution in [0.1, 0.15) is 5.56 Å². The number of aromatic hydroxyl groups is 1. The fraction of sp³-hybridized carbons (Fsp3) is 0.0526. The van der Waals surface area contributed by atoms with Gasteiger partial charge in [-0.25, -0.2) is 0 Å². The first-order valence-corrected chi connectivity index (χ1v) is 8.01. The first-order valence-electron chi connectivity index (χ1n) is 7.60. The molecule has 4 rings (SSSR count). The largest absolute Gasteiger partial charge is 0.508 e. The molecule has 4 nitrogen and oxygen atoms in total. The van der Waals surface area contributed by atoms with Crippen LogP contribution in [0.25, 0.3) is 27.8 Å². The fourth-order valence-corrected chi connectivity index (χ4v) is 3.17. The maximum absolute atomic E-state index is 9.64. The van der Waals surface area contributed by atoms with Gasteiger partial charge in [0.25, 0.3) is 0 Å². The molecule has 2 N–H and O–H groups in total. The number of nitrogens with zero attached hydrogens (tertiary/aromatic N) is 2. The molecular formula is C19H15N3OS. The van der Waals surface area contributed by atoms with E-state index >= 15 is 0 Å². The Morgan fingerprint density at radius 2 is 1.79 bits per heavy atom. The molecule has 0 atom stereocenters. The molecule has 1 heterocycles. The molecule has 0 bridgehead atoms. The highest BCUT2D eigenvalue weighted by molar-refractivity contribution is 7.71. The molecule has 1 aromatic heterocycles. The fourth-order valence-electron chi connectivity index (χ4n) is 2.93. The number of aromatic amines is 1. The van der Waals surface area contributed by atoms with E-state index in [1.54, 1.807) is 12.1 Å². The van der Waals surface area contributed by atoms with Crippen molar-refractivity contribution >= 4 is 23.0 Å². The highest BCUT2D eigenvalue weighted by atomic mass is 32.1. The molecule has 0 saturated heterocycles. The van der Waals surface area contributed by atoms with E-state index in [1.807, 2.05) is 35.8 Å². The van der Waals surface area contributed by atoms with Gasteiger partial charge in [0.2, 0.25) is 0 Å². The average molecular weight is 333 g/mol. The molecule has 24 heavy (non-hydrogen) atoms. The number of aryl methyl sites for hydroxylation is 1. The Labute approximate surface area is 144 Å². The van der Waals surface area contributed by atoms with Crippen molar-refractivity contribution in [1.82, 2.24) is 14.8 Å². The normalized spacial score (nSPS) is 11.0. The van der Waals surface area contributed by atoms with Crippen LogP contribution < -0.4 is 0 Å². The Morgan fingerprint density at radius 1 is 1.00 bits per heavy atom. The van der Waals surface area contributed by atoms with Gasteiger partial charge in [-0.05, 0) is 65.8 Å². The van der Waals surface area contributed by atoms with Crippen molar-refractivity contribution in [3.8, 4) is 22.8 Å². The molecule has 0 aliphatic carbocycles. The van der Waals surface area contributed by atoms with E-state index in [-0.39, 0.29) is 5.75 Å². The number of benzene rings is 3. The summed E-state index contributed by atoms with van der Waals surface area (Å²) in [5, 5.41) is 19.2. The summed E-state index contributed by atoms with van der Waals surface area (Å²) in [7, 11) is 0. The smallest absolute Gasteiger partial charge is 0.200 e. The predicted molar refractivity (Wildman–Crippen MR) is 98.1 cm³/mol. The number of hydrogen-bond donors (Lipinski definition) is 2. The van der Waals surface area contributed by atoms with Gasteiger partial charge in [-0.15, -0.1) is 0 Å². The quantitative estimate of drug-likeness (QED) is 0.520. The van der Waals surface area contributed by atoms with E-state index in [1.165, 1.54) is 5.39 Å². The first-order chi connectivity index (χ1) is 11.6. The molecule has 3 aromatic carbocycles. The maximum atomic E-state index is 9.64. The first kappa shape index (κ1) is 14.7. The van der Waals surface area contributed by atoms with Crippen molar-refractivity contribution in [2.45, 2.75) is 6.92 Å². The molecule has 0 spiro atoms. The molecule has 0 saturated carbocycles. The molecule has 0 radical (unpaired) electrons. The van der Waals surface area contributed by atoms with E-state index in [0.29, 0.717) is 4.77 Å². The summed E-state index contributed by atoms with van der Waals surface area (Å²) >= 11 is 5.44. The van der Waals surface area contributed by atoms with Gasteiger partial charge in [-0.1, -0.05) is 30.3 Å². The van der Waals surface area contributed by atoms with Gasteiger partial charge in [-0.2, -0.15) is 5.10 Å². The average Bonchev–Trinajstić information content (AvgIpc) is 2.96. The second kappa shape index (κ2) is 5.62. The van der Waals surface area contributed by atoms with Crippen LogP contribution in [-0.4, -0.2) is 19.9 Å². The highest BCUT2D eigenvalue weighted by Crippen LogP contribution is 2.28. The molecule has 0 unspecified atom stereocenters. The predicted octanol–water partition coefficient (Wildman–Crippen LogP) is 4.76. The van der Waals surface area contributed by atoms with Crippen molar-refractivity contribution in [2.75, 3.05) is 0 Å². The van der Waals surface area contributed by atoms with Crippen LogP contribution in [0.2, 0.25) is 0 Å². The third-order valence-corrected chi connectivity index (χ3v) is 4.39. The molecule has 5 heteroatoms. The topological polar surface area (TPSA) is 53.8 Å². The number of fused-ring (bicyclic) bond motifs is 1. The van der Waals surface area contributed by atoms with E-state index in [4.69, 9.17) is 12.2 Å². The molecule has 118 valence electrons. The van der Waals surface area contributed by atoms with Crippen LogP contribution in [0.4, 0.5) is 0 Å². The monoisotopic (exact) mass is 333 g/mol. The number of H-pyrrole nitrogens is 1. The Morgan fingerprint density at radius 3 is 2.58 bits per heavy atom.